The molecule has 2 heterocycles. The van der Waals surface area contributed by atoms with Gasteiger partial charge in [-0.25, -0.2) is 0 Å². The number of aromatic nitrogens is 2. The molecule has 0 saturated carbocycles. The summed E-state index contributed by atoms with van der Waals surface area (Å²) >= 11 is 5.94. The van der Waals surface area contributed by atoms with Gasteiger partial charge in [-0.15, -0.1) is 0 Å². The van der Waals surface area contributed by atoms with Crippen LogP contribution in [-0.2, 0) is 9.59 Å². The highest BCUT2D eigenvalue weighted by Gasteiger charge is 2.20. The van der Waals surface area contributed by atoms with Gasteiger partial charge in [-0.2, -0.15) is 5.10 Å². The van der Waals surface area contributed by atoms with Crippen LogP contribution in [0.1, 0.15) is 37.9 Å². The average Bonchev–Trinajstić information content (AvgIpc) is 3.01. The van der Waals surface area contributed by atoms with Crippen molar-refractivity contribution in [3.8, 4) is 0 Å². The van der Waals surface area contributed by atoms with Crippen LogP contribution in [0.5, 0.6) is 0 Å². The Labute approximate surface area is 129 Å². The molecule has 0 aromatic carbocycles. The zero-order chi connectivity index (χ0) is 15.4. The van der Waals surface area contributed by atoms with Gasteiger partial charge in [0.15, 0.2) is 0 Å². The molecular formula is C14H21ClN4O2. The second-order valence-corrected chi connectivity index (χ2v) is 5.73. The Morgan fingerprint density at radius 3 is 2.90 bits per heavy atom. The summed E-state index contributed by atoms with van der Waals surface area (Å²) < 4.78 is 1.61. The smallest absolute Gasteiger partial charge is 0.244 e. The van der Waals surface area contributed by atoms with Crippen molar-refractivity contribution >= 4 is 23.4 Å². The summed E-state index contributed by atoms with van der Waals surface area (Å²) in [5, 5.41) is 7.54. The summed E-state index contributed by atoms with van der Waals surface area (Å²) in [6.07, 6.45) is 3.91. The molecule has 21 heavy (non-hydrogen) atoms. The van der Waals surface area contributed by atoms with Crippen molar-refractivity contribution in [3.05, 3.63) is 16.9 Å². The summed E-state index contributed by atoms with van der Waals surface area (Å²) in [5.41, 5.74) is 0.780. The van der Waals surface area contributed by atoms with Crippen molar-refractivity contribution in [3.63, 3.8) is 0 Å². The van der Waals surface area contributed by atoms with Gasteiger partial charge in [0.25, 0.3) is 0 Å². The van der Waals surface area contributed by atoms with Crippen LogP contribution in [0, 0.1) is 6.92 Å². The lowest BCUT2D eigenvalue weighted by molar-refractivity contribution is -0.127. The Hall–Kier alpha value is -1.56. The van der Waals surface area contributed by atoms with E-state index in [1.807, 2.05) is 11.8 Å². The van der Waals surface area contributed by atoms with E-state index in [0.29, 0.717) is 24.5 Å². The molecule has 0 spiro atoms. The first kappa shape index (κ1) is 15.8. The van der Waals surface area contributed by atoms with E-state index < -0.39 is 6.04 Å². The monoisotopic (exact) mass is 312 g/mol. The van der Waals surface area contributed by atoms with E-state index in [9.17, 15) is 9.59 Å². The first-order valence-corrected chi connectivity index (χ1v) is 7.63. The van der Waals surface area contributed by atoms with Gasteiger partial charge >= 0.3 is 0 Å². The molecule has 0 bridgehead atoms. The SMILES string of the molecule is Cc1c(Cl)cnn1[C@@H](C)C(=O)NCCCN1CCCC1=O. The van der Waals surface area contributed by atoms with Crippen LogP contribution in [0.4, 0.5) is 0 Å². The zero-order valence-electron chi connectivity index (χ0n) is 12.4. The Bertz CT molecular complexity index is 529. The molecule has 1 aromatic heterocycles. The molecule has 1 fully saturated rings. The van der Waals surface area contributed by atoms with Gasteiger partial charge < -0.3 is 10.2 Å². The maximum absolute atomic E-state index is 12.1. The molecule has 0 aliphatic carbocycles. The van der Waals surface area contributed by atoms with Gasteiger partial charge in [0.2, 0.25) is 11.8 Å². The number of likely N-dealkylation sites (tertiary alicyclic amines) is 1. The van der Waals surface area contributed by atoms with Crippen LogP contribution in [0.25, 0.3) is 0 Å². The molecule has 1 atom stereocenters. The minimum absolute atomic E-state index is 0.0920. The molecule has 0 unspecified atom stereocenters. The van der Waals surface area contributed by atoms with Gasteiger partial charge in [-0.3, -0.25) is 14.3 Å². The zero-order valence-corrected chi connectivity index (χ0v) is 13.2. The van der Waals surface area contributed by atoms with Crippen LogP contribution in [-0.4, -0.2) is 46.1 Å². The quantitative estimate of drug-likeness (QED) is 0.810. The Kier molecular flexibility index (Phi) is 5.22. The first-order chi connectivity index (χ1) is 10.0. The van der Waals surface area contributed by atoms with Crippen LogP contribution in [0.2, 0.25) is 5.02 Å². The molecule has 1 aliphatic heterocycles. The molecule has 6 nitrogen and oxygen atoms in total. The van der Waals surface area contributed by atoms with Crippen molar-refractivity contribution < 1.29 is 9.59 Å². The number of halogens is 1. The lowest BCUT2D eigenvalue weighted by Crippen LogP contribution is -2.34. The predicted molar refractivity (Wildman–Crippen MR) is 80.1 cm³/mol. The number of amides is 2. The van der Waals surface area contributed by atoms with Crippen molar-refractivity contribution in [2.24, 2.45) is 0 Å². The Morgan fingerprint density at radius 2 is 2.33 bits per heavy atom. The summed E-state index contributed by atoms with van der Waals surface area (Å²) in [6.45, 7) is 5.73. The van der Waals surface area contributed by atoms with E-state index in [4.69, 9.17) is 11.6 Å². The third-order valence-electron chi connectivity index (χ3n) is 3.81. The van der Waals surface area contributed by atoms with Crippen molar-refractivity contribution in [2.75, 3.05) is 19.6 Å². The highest BCUT2D eigenvalue weighted by atomic mass is 35.5. The second-order valence-electron chi connectivity index (χ2n) is 5.33. The molecule has 0 radical (unpaired) electrons. The second kappa shape index (κ2) is 6.93. The van der Waals surface area contributed by atoms with E-state index >= 15 is 0 Å². The predicted octanol–water partition coefficient (Wildman–Crippen LogP) is 1.53. The molecule has 1 aromatic rings. The third kappa shape index (κ3) is 3.75. The standard InChI is InChI=1S/C14H21ClN4O2/c1-10-12(15)9-17-19(10)11(2)14(21)16-6-4-8-18-7-3-5-13(18)20/h9,11H,3-8H2,1-2H3,(H,16,21)/t11-/m0/s1. The van der Waals surface area contributed by atoms with Gasteiger partial charge in [-0.05, 0) is 26.7 Å². The Balaban J connectivity index is 1.74. The largest absolute Gasteiger partial charge is 0.354 e. The number of hydrogen-bond donors (Lipinski definition) is 1. The van der Waals surface area contributed by atoms with E-state index in [-0.39, 0.29) is 11.8 Å². The Morgan fingerprint density at radius 1 is 1.57 bits per heavy atom. The number of carbonyl (C=O) groups excluding carboxylic acids is 2. The highest BCUT2D eigenvalue weighted by molar-refractivity contribution is 6.31. The summed E-state index contributed by atoms with van der Waals surface area (Å²) in [5.74, 6) is 0.127. The van der Waals surface area contributed by atoms with E-state index in [1.54, 1.807) is 17.8 Å². The molecule has 7 heteroatoms. The summed E-state index contributed by atoms with van der Waals surface area (Å²) in [6, 6.07) is -0.397. The topological polar surface area (TPSA) is 67.2 Å². The van der Waals surface area contributed by atoms with Gasteiger partial charge in [0, 0.05) is 26.1 Å². The fourth-order valence-electron chi connectivity index (χ4n) is 2.47. The number of nitrogens with one attached hydrogen (secondary N) is 1. The number of hydrogen-bond acceptors (Lipinski definition) is 3. The molecule has 1 aliphatic rings. The third-order valence-corrected chi connectivity index (χ3v) is 4.18. The lowest BCUT2D eigenvalue weighted by atomic mass is 10.3. The fourth-order valence-corrected chi connectivity index (χ4v) is 2.60. The molecule has 116 valence electrons. The maximum Gasteiger partial charge on any atom is 0.244 e. The van der Waals surface area contributed by atoms with E-state index in [0.717, 1.165) is 25.1 Å². The molecular weight excluding hydrogens is 292 g/mol. The normalized spacial score (nSPS) is 16.3. The molecule has 1 N–H and O–H groups in total. The lowest BCUT2D eigenvalue weighted by Gasteiger charge is -2.17. The summed E-state index contributed by atoms with van der Waals surface area (Å²) in [4.78, 5) is 25.4. The van der Waals surface area contributed by atoms with Gasteiger partial charge in [0.05, 0.1) is 16.9 Å². The maximum atomic E-state index is 12.1. The molecule has 2 amide bonds. The number of carbonyl (C=O) groups is 2. The van der Waals surface area contributed by atoms with Crippen LogP contribution < -0.4 is 5.32 Å². The minimum Gasteiger partial charge on any atom is -0.354 e. The van der Waals surface area contributed by atoms with Gasteiger partial charge in [-0.1, -0.05) is 11.6 Å². The highest BCUT2D eigenvalue weighted by Crippen LogP contribution is 2.17. The van der Waals surface area contributed by atoms with Crippen molar-refractivity contribution in [1.29, 1.82) is 0 Å². The van der Waals surface area contributed by atoms with Crippen molar-refractivity contribution in [2.45, 2.75) is 39.2 Å². The van der Waals surface area contributed by atoms with Gasteiger partial charge in [0.1, 0.15) is 6.04 Å². The van der Waals surface area contributed by atoms with Crippen molar-refractivity contribution in [1.82, 2.24) is 20.0 Å². The average molecular weight is 313 g/mol. The minimum atomic E-state index is -0.397. The van der Waals surface area contributed by atoms with Crippen LogP contribution in [0.3, 0.4) is 0 Å². The fraction of sp³-hybridized carbons (Fsp3) is 0.643. The number of rotatable bonds is 6. The molecule has 2 rings (SSSR count). The van der Waals surface area contributed by atoms with Crippen LogP contribution >= 0.6 is 11.6 Å². The van der Waals surface area contributed by atoms with Crippen LogP contribution in [0.15, 0.2) is 6.20 Å². The molecule has 1 saturated heterocycles. The van der Waals surface area contributed by atoms with E-state index in [1.165, 1.54) is 0 Å². The summed E-state index contributed by atoms with van der Waals surface area (Å²) in [7, 11) is 0. The number of nitrogens with zero attached hydrogens (tertiary/aromatic N) is 3. The van der Waals surface area contributed by atoms with E-state index in [2.05, 4.69) is 10.4 Å². The first-order valence-electron chi connectivity index (χ1n) is 7.26.